The maximum Gasteiger partial charge on any atom is 0.374 e. The number of nitro groups is 1. The number of para-hydroxylation sites is 1. The Morgan fingerprint density at radius 1 is 1.00 bits per heavy atom. The van der Waals surface area contributed by atoms with E-state index >= 15 is 0 Å². The SMILES string of the molecule is O=C(COC(=O)c1ccc(-c2ccc([N+](=O)[O-])cc2)o1)Nc1ccccc1. The van der Waals surface area contributed by atoms with E-state index in [0.717, 1.165) is 0 Å². The summed E-state index contributed by atoms with van der Waals surface area (Å²) < 4.78 is 10.3. The van der Waals surface area contributed by atoms with E-state index in [9.17, 15) is 19.7 Å². The minimum Gasteiger partial charge on any atom is -0.450 e. The number of nitro benzene ring substituents is 1. The van der Waals surface area contributed by atoms with Crippen molar-refractivity contribution in [2.24, 2.45) is 0 Å². The lowest BCUT2D eigenvalue weighted by Crippen LogP contribution is -2.20. The van der Waals surface area contributed by atoms with E-state index in [1.165, 1.54) is 30.3 Å². The summed E-state index contributed by atoms with van der Waals surface area (Å²) in [5.74, 6) is -0.982. The van der Waals surface area contributed by atoms with Gasteiger partial charge in [-0.05, 0) is 36.4 Å². The lowest BCUT2D eigenvalue weighted by Gasteiger charge is -2.05. The summed E-state index contributed by atoms with van der Waals surface area (Å²) in [6, 6.07) is 17.4. The molecule has 8 heteroatoms. The van der Waals surface area contributed by atoms with Gasteiger partial charge in [0.05, 0.1) is 4.92 Å². The van der Waals surface area contributed by atoms with Crippen molar-refractivity contribution in [3.8, 4) is 11.3 Å². The van der Waals surface area contributed by atoms with Crippen molar-refractivity contribution >= 4 is 23.3 Å². The third kappa shape index (κ3) is 4.57. The first-order valence-electron chi connectivity index (χ1n) is 7.89. The number of anilines is 1. The summed E-state index contributed by atoms with van der Waals surface area (Å²) >= 11 is 0. The summed E-state index contributed by atoms with van der Waals surface area (Å²) in [4.78, 5) is 34.0. The molecule has 0 atom stereocenters. The van der Waals surface area contributed by atoms with E-state index < -0.39 is 23.4 Å². The zero-order valence-corrected chi connectivity index (χ0v) is 14.0. The van der Waals surface area contributed by atoms with Gasteiger partial charge in [-0.25, -0.2) is 4.79 Å². The van der Waals surface area contributed by atoms with Gasteiger partial charge in [-0.3, -0.25) is 14.9 Å². The molecule has 0 spiro atoms. The Balaban J connectivity index is 1.58. The Morgan fingerprint density at radius 3 is 2.37 bits per heavy atom. The highest BCUT2D eigenvalue weighted by Gasteiger charge is 2.16. The number of hydrogen-bond donors (Lipinski definition) is 1. The van der Waals surface area contributed by atoms with Crippen LogP contribution in [0.2, 0.25) is 0 Å². The lowest BCUT2D eigenvalue weighted by molar-refractivity contribution is -0.384. The quantitative estimate of drug-likeness (QED) is 0.405. The lowest BCUT2D eigenvalue weighted by atomic mass is 10.1. The fraction of sp³-hybridized carbons (Fsp3) is 0.0526. The van der Waals surface area contributed by atoms with Crippen LogP contribution in [0.25, 0.3) is 11.3 Å². The van der Waals surface area contributed by atoms with Crippen LogP contribution in [-0.4, -0.2) is 23.4 Å². The first-order chi connectivity index (χ1) is 13.0. The maximum absolute atomic E-state index is 12.0. The molecule has 3 aromatic rings. The third-order valence-electron chi connectivity index (χ3n) is 3.56. The van der Waals surface area contributed by atoms with Crippen LogP contribution in [0.3, 0.4) is 0 Å². The number of carbonyl (C=O) groups is 2. The van der Waals surface area contributed by atoms with Crippen molar-refractivity contribution in [3.63, 3.8) is 0 Å². The van der Waals surface area contributed by atoms with E-state index in [0.29, 0.717) is 17.0 Å². The normalized spacial score (nSPS) is 10.2. The van der Waals surface area contributed by atoms with E-state index in [1.54, 1.807) is 30.3 Å². The largest absolute Gasteiger partial charge is 0.450 e. The number of nitrogens with one attached hydrogen (secondary N) is 1. The second-order valence-electron chi connectivity index (χ2n) is 5.46. The summed E-state index contributed by atoms with van der Waals surface area (Å²) in [7, 11) is 0. The molecule has 0 saturated carbocycles. The van der Waals surface area contributed by atoms with Crippen molar-refractivity contribution in [3.05, 3.63) is 82.6 Å². The van der Waals surface area contributed by atoms with Crippen LogP contribution in [-0.2, 0) is 9.53 Å². The van der Waals surface area contributed by atoms with Gasteiger partial charge in [0.25, 0.3) is 11.6 Å². The molecule has 0 radical (unpaired) electrons. The van der Waals surface area contributed by atoms with Crippen LogP contribution >= 0.6 is 0 Å². The highest BCUT2D eigenvalue weighted by molar-refractivity contribution is 5.94. The van der Waals surface area contributed by atoms with E-state index in [2.05, 4.69) is 5.32 Å². The second-order valence-corrected chi connectivity index (χ2v) is 5.46. The molecule has 1 heterocycles. The Hall–Kier alpha value is -3.94. The number of carbonyl (C=O) groups excluding carboxylic acids is 2. The molecule has 0 bridgehead atoms. The van der Waals surface area contributed by atoms with Crippen LogP contribution < -0.4 is 5.32 Å². The smallest absolute Gasteiger partial charge is 0.374 e. The number of amides is 1. The van der Waals surface area contributed by atoms with Crippen LogP contribution in [0.15, 0.2) is 71.1 Å². The summed E-state index contributed by atoms with van der Waals surface area (Å²) in [5.41, 5.74) is 1.12. The molecule has 0 aliphatic carbocycles. The average Bonchev–Trinajstić information content (AvgIpc) is 3.17. The van der Waals surface area contributed by atoms with Crippen molar-refractivity contribution in [2.75, 3.05) is 11.9 Å². The van der Waals surface area contributed by atoms with E-state index in [-0.39, 0.29) is 11.4 Å². The first kappa shape index (κ1) is 17.9. The molecule has 1 N–H and O–H groups in total. The molecule has 8 nitrogen and oxygen atoms in total. The van der Waals surface area contributed by atoms with Gasteiger partial charge in [0.1, 0.15) is 5.76 Å². The summed E-state index contributed by atoms with van der Waals surface area (Å²) in [6.45, 7) is -0.457. The fourth-order valence-corrected chi connectivity index (χ4v) is 2.27. The topological polar surface area (TPSA) is 112 Å². The fourth-order valence-electron chi connectivity index (χ4n) is 2.27. The van der Waals surface area contributed by atoms with Gasteiger partial charge in [-0.15, -0.1) is 0 Å². The number of hydrogen-bond acceptors (Lipinski definition) is 6. The number of nitrogens with zero attached hydrogens (tertiary/aromatic N) is 1. The minimum absolute atomic E-state index is 0.0469. The number of esters is 1. The molecule has 0 aliphatic rings. The number of ether oxygens (including phenoxy) is 1. The van der Waals surface area contributed by atoms with Crippen LogP contribution in [0.4, 0.5) is 11.4 Å². The Bertz CT molecular complexity index is 963. The van der Waals surface area contributed by atoms with Crippen molar-refractivity contribution in [1.29, 1.82) is 0 Å². The van der Waals surface area contributed by atoms with Crippen LogP contribution in [0, 0.1) is 10.1 Å². The molecule has 27 heavy (non-hydrogen) atoms. The molecule has 136 valence electrons. The monoisotopic (exact) mass is 366 g/mol. The second kappa shape index (κ2) is 7.96. The molecule has 1 aromatic heterocycles. The predicted molar refractivity (Wildman–Crippen MR) is 96.2 cm³/mol. The molecule has 0 saturated heterocycles. The summed E-state index contributed by atoms with van der Waals surface area (Å²) in [5, 5.41) is 13.3. The highest BCUT2D eigenvalue weighted by atomic mass is 16.6. The maximum atomic E-state index is 12.0. The molecule has 0 aliphatic heterocycles. The highest BCUT2D eigenvalue weighted by Crippen LogP contribution is 2.24. The molecule has 0 unspecified atom stereocenters. The standard InChI is InChI=1S/C19H14N2O6/c22-18(20-14-4-2-1-3-5-14)12-26-19(23)17-11-10-16(27-17)13-6-8-15(9-7-13)21(24)25/h1-11H,12H2,(H,20,22). The zero-order chi connectivity index (χ0) is 19.2. The predicted octanol–water partition coefficient (Wildman–Crippen LogP) is 3.65. The van der Waals surface area contributed by atoms with Crippen molar-refractivity contribution in [2.45, 2.75) is 0 Å². The van der Waals surface area contributed by atoms with E-state index in [1.807, 2.05) is 6.07 Å². The van der Waals surface area contributed by atoms with Gasteiger partial charge < -0.3 is 14.5 Å². The summed E-state index contributed by atoms with van der Waals surface area (Å²) in [6.07, 6.45) is 0. The van der Waals surface area contributed by atoms with Crippen molar-refractivity contribution < 1.29 is 23.7 Å². The molecule has 2 aromatic carbocycles. The minimum atomic E-state index is -0.786. The molecular formula is C19H14N2O6. The van der Waals surface area contributed by atoms with Gasteiger partial charge in [-0.1, -0.05) is 18.2 Å². The number of non-ortho nitro benzene ring substituents is 1. The molecular weight excluding hydrogens is 352 g/mol. The Labute approximate surface area is 153 Å². The zero-order valence-electron chi connectivity index (χ0n) is 14.0. The van der Waals surface area contributed by atoms with Crippen LogP contribution in [0.1, 0.15) is 10.6 Å². The number of rotatable bonds is 6. The number of furan rings is 1. The average molecular weight is 366 g/mol. The van der Waals surface area contributed by atoms with Gasteiger partial charge in [0, 0.05) is 23.4 Å². The van der Waals surface area contributed by atoms with Gasteiger partial charge >= 0.3 is 5.97 Å². The Kier molecular flexibility index (Phi) is 5.27. The van der Waals surface area contributed by atoms with Gasteiger partial charge in [0.15, 0.2) is 6.61 Å². The molecule has 3 rings (SSSR count). The van der Waals surface area contributed by atoms with Gasteiger partial charge in [-0.2, -0.15) is 0 Å². The van der Waals surface area contributed by atoms with Gasteiger partial charge in [0.2, 0.25) is 5.76 Å². The van der Waals surface area contributed by atoms with Crippen LogP contribution in [0.5, 0.6) is 0 Å². The van der Waals surface area contributed by atoms with E-state index in [4.69, 9.17) is 9.15 Å². The third-order valence-corrected chi connectivity index (χ3v) is 3.56. The van der Waals surface area contributed by atoms with Crippen molar-refractivity contribution in [1.82, 2.24) is 0 Å². The Morgan fingerprint density at radius 2 is 1.70 bits per heavy atom. The first-order valence-corrected chi connectivity index (χ1v) is 7.89. The molecule has 0 fully saturated rings. The number of benzene rings is 2. The molecule has 1 amide bonds.